The van der Waals surface area contributed by atoms with Gasteiger partial charge in [0.2, 0.25) is 15.9 Å². The number of aryl methyl sites for hydroxylation is 1. The van der Waals surface area contributed by atoms with Crippen molar-refractivity contribution in [3.05, 3.63) is 53.1 Å². The summed E-state index contributed by atoms with van der Waals surface area (Å²) in [6.45, 7) is 4.70. The molecule has 186 valence electrons. The number of hydrogen-bond donors (Lipinski definition) is 1. The van der Waals surface area contributed by atoms with E-state index in [4.69, 9.17) is 16.0 Å². The van der Waals surface area contributed by atoms with Crippen LogP contribution in [0.1, 0.15) is 24.8 Å². The molecule has 10 heteroatoms. The minimum absolute atomic E-state index is 0.0649. The predicted octanol–water partition coefficient (Wildman–Crippen LogP) is 3.83. The highest BCUT2D eigenvalue weighted by atomic mass is 35.5. The number of nitrogens with zero attached hydrogens (tertiary/aromatic N) is 3. The Morgan fingerprint density at radius 1 is 1.11 bits per heavy atom. The molecule has 1 atom stereocenters. The molecule has 0 aliphatic carbocycles. The molecule has 0 spiro atoms. The van der Waals surface area contributed by atoms with E-state index in [0.717, 1.165) is 37.0 Å². The van der Waals surface area contributed by atoms with E-state index in [0.29, 0.717) is 42.0 Å². The number of fused-ring (bicyclic) bond motifs is 1. The van der Waals surface area contributed by atoms with Crippen molar-refractivity contribution in [3.63, 3.8) is 0 Å². The average Bonchev–Trinajstić information content (AvgIpc) is 3.51. The maximum atomic E-state index is 12.9. The summed E-state index contributed by atoms with van der Waals surface area (Å²) in [4.78, 5) is 19.7. The lowest BCUT2D eigenvalue weighted by atomic mass is 9.96. The summed E-state index contributed by atoms with van der Waals surface area (Å²) in [5.41, 5.74) is 2.47. The van der Waals surface area contributed by atoms with Crippen LogP contribution < -0.4 is 10.2 Å². The summed E-state index contributed by atoms with van der Waals surface area (Å²) in [7, 11) is -3.58. The molecule has 2 aromatic carbocycles. The van der Waals surface area contributed by atoms with Gasteiger partial charge in [-0.15, -0.1) is 0 Å². The number of anilines is 1. The molecule has 2 fully saturated rings. The van der Waals surface area contributed by atoms with Gasteiger partial charge in [0.05, 0.1) is 10.8 Å². The maximum Gasteiger partial charge on any atom is 0.298 e. The van der Waals surface area contributed by atoms with E-state index < -0.39 is 10.0 Å². The molecule has 3 heterocycles. The molecule has 0 saturated carbocycles. The van der Waals surface area contributed by atoms with E-state index >= 15 is 0 Å². The third-order valence-electron chi connectivity index (χ3n) is 6.97. The molecule has 5 rings (SSSR count). The molecule has 1 N–H and O–H groups in total. The van der Waals surface area contributed by atoms with E-state index in [1.54, 1.807) is 36.4 Å². The Morgan fingerprint density at radius 3 is 2.60 bits per heavy atom. The summed E-state index contributed by atoms with van der Waals surface area (Å²) in [6, 6.07) is 12.8. The molecule has 1 aromatic heterocycles. The van der Waals surface area contributed by atoms with E-state index in [9.17, 15) is 13.2 Å². The highest BCUT2D eigenvalue weighted by Crippen LogP contribution is 2.28. The molecule has 1 unspecified atom stereocenters. The maximum absolute atomic E-state index is 12.9. The lowest BCUT2D eigenvalue weighted by Gasteiger charge is -2.31. The Labute approximate surface area is 210 Å². The number of hydrogen-bond acceptors (Lipinski definition) is 6. The largest absolute Gasteiger partial charge is 0.423 e. The van der Waals surface area contributed by atoms with Gasteiger partial charge >= 0.3 is 0 Å². The molecule has 3 aromatic rings. The van der Waals surface area contributed by atoms with Crippen LogP contribution in [0.2, 0.25) is 5.02 Å². The summed E-state index contributed by atoms with van der Waals surface area (Å²) >= 11 is 6.04. The number of piperidine rings is 1. The smallest absolute Gasteiger partial charge is 0.298 e. The minimum Gasteiger partial charge on any atom is -0.423 e. The SMILES string of the molecule is Cc1ccc(S(=O)(=O)N2CCC(C(=O)NCC3CCN(c4nc5cc(Cl)ccc5o4)CC3)C2)cc1. The molecule has 1 amide bonds. The van der Waals surface area contributed by atoms with Crippen LogP contribution in [0.3, 0.4) is 0 Å². The second kappa shape index (κ2) is 9.79. The van der Waals surface area contributed by atoms with E-state index in [1.165, 1.54) is 4.31 Å². The fraction of sp³-hybridized carbons (Fsp3) is 0.440. The van der Waals surface area contributed by atoms with Crippen molar-refractivity contribution in [1.29, 1.82) is 0 Å². The molecule has 2 saturated heterocycles. The zero-order valence-electron chi connectivity index (χ0n) is 19.6. The highest BCUT2D eigenvalue weighted by Gasteiger charge is 2.36. The van der Waals surface area contributed by atoms with Crippen LogP contribution in [0.25, 0.3) is 11.1 Å². The molecule has 2 aliphatic rings. The standard InChI is InChI=1S/C25H29ClN4O4S/c1-17-2-5-21(6-3-17)35(32,33)30-13-10-19(16-30)24(31)27-15-18-8-11-29(12-9-18)25-28-22-14-20(26)4-7-23(22)34-25/h2-7,14,18-19H,8-13,15-16H2,1H3,(H,27,31). The van der Waals surface area contributed by atoms with Crippen molar-refractivity contribution >= 4 is 44.6 Å². The van der Waals surface area contributed by atoms with Gasteiger partial charge in [-0.3, -0.25) is 4.79 Å². The highest BCUT2D eigenvalue weighted by molar-refractivity contribution is 7.89. The van der Waals surface area contributed by atoms with Crippen LogP contribution in [0.4, 0.5) is 6.01 Å². The lowest BCUT2D eigenvalue weighted by molar-refractivity contribution is -0.124. The number of aromatic nitrogens is 1. The third kappa shape index (κ3) is 5.17. The van der Waals surface area contributed by atoms with Gasteiger partial charge in [0, 0.05) is 37.7 Å². The minimum atomic E-state index is -3.58. The second-order valence-electron chi connectivity index (χ2n) is 9.45. The fourth-order valence-electron chi connectivity index (χ4n) is 4.76. The first-order chi connectivity index (χ1) is 16.8. The summed E-state index contributed by atoms with van der Waals surface area (Å²) in [6.07, 6.45) is 2.37. The predicted molar refractivity (Wildman–Crippen MR) is 135 cm³/mol. The van der Waals surface area contributed by atoms with Crippen molar-refractivity contribution in [2.24, 2.45) is 11.8 Å². The summed E-state index contributed by atoms with van der Waals surface area (Å²) in [5, 5.41) is 3.69. The Hall–Kier alpha value is -2.62. The summed E-state index contributed by atoms with van der Waals surface area (Å²) in [5.74, 6) is -0.0189. The molecule has 8 nitrogen and oxygen atoms in total. The zero-order chi connectivity index (χ0) is 24.6. The normalized spacial score (nSPS) is 19.9. The van der Waals surface area contributed by atoms with Gasteiger partial charge in [0.25, 0.3) is 6.01 Å². The second-order valence-corrected chi connectivity index (χ2v) is 11.8. The quantitative estimate of drug-likeness (QED) is 0.535. The molecule has 35 heavy (non-hydrogen) atoms. The van der Waals surface area contributed by atoms with Gasteiger partial charge in [0.1, 0.15) is 5.52 Å². The zero-order valence-corrected chi connectivity index (χ0v) is 21.2. The number of amides is 1. The number of halogens is 1. The Kier molecular flexibility index (Phi) is 6.74. The van der Waals surface area contributed by atoms with Crippen molar-refractivity contribution in [2.45, 2.75) is 31.1 Å². The number of carbonyl (C=O) groups is 1. The molecule has 0 bridgehead atoms. The van der Waals surface area contributed by atoms with E-state index in [1.807, 2.05) is 13.0 Å². The van der Waals surface area contributed by atoms with Crippen LogP contribution in [0, 0.1) is 18.8 Å². The number of nitrogens with one attached hydrogen (secondary N) is 1. The van der Waals surface area contributed by atoms with Crippen molar-refractivity contribution in [1.82, 2.24) is 14.6 Å². The van der Waals surface area contributed by atoms with Gasteiger partial charge in [-0.2, -0.15) is 9.29 Å². The van der Waals surface area contributed by atoms with Crippen molar-refractivity contribution < 1.29 is 17.6 Å². The third-order valence-corrected chi connectivity index (χ3v) is 9.08. The van der Waals surface area contributed by atoms with Crippen LogP contribution in [-0.2, 0) is 14.8 Å². The first-order valence-electron chi connectivity index (χ1n) is 11.9. The summed E-state index contributed by atoms with van der Waals surface area (Å²) < 4.78 is 33.1. The first kappa shape index (κ1) is 24.1. The van der Waals surface area contributed by atoms with Crippen molar-refractivity contribution in [3.8, 4) is 0 Å². The van der Waals surface area contributed by atoms with Gasteiger partial charge < -0.3 is 14.6 Å². The number of benzene rings is 2. The molecular weight excluding hydrogens is 488 g/mol. The monoisotopic (exact) mass is 516 g/mol. The van der Waals surface area contributed by atoms with Gasteiger partial charge in [-0.25, -0.2) is 8.42 Å². The lowest BCUT2D eigenvalue weighted by Crippen LogP contribution is -2.41. The first-order valence-corrected chi connectivity index (χ1v) is 13.8. The van der Waals surface area contributed by atoms with Crippen LogP contribution >= 0.6 is 11.6 Å². The number of sulfonamides is 1. The van der Waals surface area contributed by atoms with Crippen LogP contribution in [-0.4, -0.2) is 56.3 Å². The van der Waals surface area contributed by atoms with Crippen LogP contribution in [0.15, 0.2) is 51.8 Å². The van der Waals surface area contributed by atoms with Gasteiger partial charge in [0.15, 0.2) is 5.58 Å². The van der Waals surface area contributed by atoms with Crippen molar-refractivity contribution in [2.75, 3.05) is 37.6 Å². The van der Waals surface area contributed by atoms with Gasteiger partial charge in [-0.1, -0.05) is 29.3 Å². The molecular formula is C25H29ClN4O4S. The Morgan fingerprint density at radius 2 is 1.86 bits per heavy atom. The number of carbonyl (C=O) groups excluding carboxylic acids is 1. The van der Waals surface area contributed by atoms with Gasteiger partial charge in [-0.05, 0) is 62.4 Å². The number of rotatable bonds is 6. The number of oxazole rings is 1. The Bertz CT molecular complexity index is 1320. The molecule has 2 aliphatic heterocycles. The topological polar surface area (TPSA) is 95.8 Å². The average molecular weight is 517 g/mol. The van der Waals surface area contributed by atoms with E-state index in [-0.39, 0.29) is 23.3 Å². The van der Waals surface area contributed by atoms with Crippen LogP contribution in [0.5, 0.6) is 0 Å². The Balaban J connectivity index is 1.10. The van der Waals surface area contributed by atoms with E-state index in [2.05, 4.69) is 15.2 Å². The molecule has 0 radical (unpaired) electrons. The fourth-order valence-corrected chi connectivity index (χ4v) is 6.43.